The summed E-state index contributed by atoms with van der Waals surface area (Å²) in [7, 11) is 2.08. The number of benzene rings is 1. The first-order valence-electron chi connectivity index (χ1n) is 5.90. The zero-order valence-corrected chi connectivity index (χ0v) is 10.2. The Hall–Kier alpha value is -0.820. The van der Waals surface area contributed by atoms with Crippen LogP contribution in [0.4, 0.5) is 0 Å². The van der Waals surface area contributed by atoms with Gasteiger partial charge in [0.1, 0.15) is 0 Å². The SMILES string of the molecule is CNC1c2cc(C)cc(C)c2CCC1C. The molecule has 0 aromatic heterocycles. The van der Waals surface area contributed by atoms with Gasteiger partial charge in [-0.05, 0) is 56.3 Å². The summed E-state index contributed by atoms with van der Waals surface area (Å²) in [4.78, 5) is 0. The molecule has 1 heteroatoms. The molecule has 1 aromatic carbocycles. The van der Waals surface area contributed by atoms with E-state index in [9.17, 15) is 0 Å². The average molecular weight is 203 g/mol. The summed E-state index contributed by atoms with van der Waals surface area (Å²) in [6.07, 6.45) is 2.56. The predicted molar refractivity (Wildman–Crippen MR) is 65.2 cm³/mol. The molecule has 1 aliphatic carbocycles. The molecule has 1 N–H and O–H groups in total. The Morgan fingerprint density at radius 1 is 1.27 bits per heavy atom. The topological polar surface area (TPSA) is 12.0 Å². The van der Waals surface area contributed by atoms with Crippen LogP contribution in [0.25, 0.3) is 0 Å². The molecule has 15 heavy (non-hydrogen) atoms. The van der Waals surface area contributed by atoms with Gasteiger partial charge in [0.2, 0.25) is 0 Å². The van der Waals surface area contributed by atoms with Crippen LogP contribution in [0, 0.1) is 19.8 Å². The molecule has 0 saturated carbocycles. The summed E-state index contributed by atoms with van der Waals surface area (Å²) < 4.78 is 0. The van der Waals surface area contributed by atoms with Crippen LogP contribution in [0.2, 0.25) is 0 Å². The molecule has 82 valence electrons. The van der Waals surface area contributed by atoms with Crippen LogP contribution < -0.4 is 5.32 Å². The van der Waals surface area contributed by atoms with Crippen LogP contribution in [0.5, 0.6) is 0 Å². The summed E-state index contributed by atoms with van der Waals surface area (Å²) in [5.74, 6) is 0.753. The monoisotopic (exact) mass is 203 g/mol. The van der Waals surface area contributed by atoms with Crippen molar-refractivity contribution in [1.82, 2.24) is 5.32 Å². The van der Waals surface area contributed by atoms with E-state index >= 15 is 0 Å². The first kappa shape index (κ1) is 10.7. The third-order valence-electron chi connectivity index (χ3n) is 3.72. The highest BCUT2D eigenvalue weighted by Crippen LogP contribution is 2.36. The molecule has 0 spiro atoms. The second-order valence-corrected chi connectivity index (χ2v) is 4.93. The number of hydrogen-bond acceptors (Lipinski definition) is 1. The Morgan fingerprint density at radius 3 is 2.67 bits per heavy atom. The predicted octanol–water partition coefficient (Wildman–Crippen LogP) is 3.15. The van der Waals surface area contributed by atoms with E-state index in [1.54, 1.807) is 5.56 Å². The van der Waals surface area contributed by atoms with Crippen molar-refractivity contribution in [2.45, 2.75) is 39.7 Å². The zero-order valence-electron chi connectivity index (χ0n) is 10.2. The van der Waals surface area contributed by atoms with Gasteiger partial charge >= 0.3 is 0 Å². The van der Waals surface area contributed by atoms with Gasteiger partial charge in [0, 0.05) is 6.04 Å². The lowest BCUT2D eigenvalue weighted by Crippen LogP contribution is -2.29. The largest absolute Gasteiger partial charge is 0.313 e. The van der Waals surface area contributed by atoms with Gasteiger partial charge in [0.25, 0.3) is 0 Å². The van der Waals surface area contributed by atoms with Crippen LogP contribution in [0.3, 0.4) is 0 Å². The molecule has 0 bridgehead atoms. The smallest absolute Gasteiger partial charge is 0.0346 e. The molecular weight excluding hydrogens is 182 g/mol. The van der Waals surface area contributed by atoms with Gasteiger partial charge in [0.05, 0.1) is 0 Å². The maximum absolute atomic E-state index is 3.46. The Balaban J connectivity index is 2.52. The molecule has 2 unspecified atom stereocenters. The molecule has 2 atom stereocenters. The third-order valence-corrected chi connectivity index (χ3v) is 3.72. The van der Waals surface area contributed by atoms with Gasteiger partial charge < -0.3 is 5.32 Å². The average Bonchev–Trinajstić information content (AvgIpc) is 2.17. The number of fused-ring (bicyclic) bond motifs is 1. The van der Waals surface area contributed by atoms with E-state index in [-0.39, 0.29) is 0 Å². The fourth-order valence-electron chi connectivity index (χ4n) is 2.93. The maximum atomic E-state index is 3.46. The second-order valence-electron chi connectivity index (χ2n) is 4.93. The van der Waals surface area contributed by atoms with Crippen molar-refractivity contribution in [3.8, 4) is 0 Å². The molecule has 2 rings (SSSR count). The molecule has 0 heterocycles. The summed E-state index contributed by atoms with van der Waals surface area (Å²) >= 11 is 0. The van der Waals surface area contributed by atoms with Crippen LogP contribution in [0.15, 0.2) is 12.1 Å². The van der Waals surface area contributed by atoms with E-state index in [0.29, 0.717) is 6.04 Å². The van der Waals surface area contributed by atoms with Gasteiger partial charge in [-0.25, -0.2) is 0 Å². The molecule has 0 radical (unpaired) electrons. The maximum Gasteiger partial charge on any atom is 0.0346 e. The van der Waals surface area contributed by atoms with Crippen LogP contribution in [0.1, 0.15) is 41.6 Å². The first-order chi connectivity index (χ1) is 7.13. The van der Waals surface area contributed by atoms with Crippen molar-refractivity contribution >= 4 is 0 Å². The van der Waals surface area contributed by atoms with Gasteiger partial charge in [-0.1, -0.05) is 24.6 Å². The highest BCUT2D eigenvalue weighted by atomic mass is 14.9. The van der Waals surface area contributed by atoms with Crippen LogP contribution in [-0.2, 0) is 6.42 Å². The van der Waals surface area contributed by atoms with E-state index in [1.807, 2.05) is 0 Å². The van der Waals surface area contributed by atoms with Crippen molar-refractivity contribution < 1.29 is 0 Å². The van der Waals surface area contributed by atoms with E-state index in [1.165, 1.54) is 29.5 Å². The molecule has 0 saturated heterocycles. The molecule has 0 fully saturated rings. The molecule has 1 nitrogen and oxygen atoms in total. The summed E-state index contributed by atoms with van der Waals surface area (Å²) in [6.45, 7) is 6.79. The molecule has 1 aliphatic rings. The van der Waals surface area contributed by atoms with Gasteiger partial charge in [-0.15, -0.1) is 0 Å². The van der Waals surface area contributed by atoms with Gasteiger partial charge in [0.15, 0.2) is 0 Å². The van der Waals surface area contributed by atoms with E-state index < -0.39 is 0 Å². The molecule has 0 aliphatic heterocycles. The Kier molecular flexibility index (Phi) is 2.83. The third kappa shape index (κ3) is 1.81. The minimum absolute atomic E-state index is 0.548. The summed E-state index contributed by atoms with van der Waals surface area (Å²) in [5, 5.41) is 3.46. The number of aryl methyl sites for hydroxylation is 2. The molecule has 1 aromatic rings. The quantitative estimate of drug-likeness (QED) is 0.739. The fourth-order valence-corrected chi connectivity index (χ4v) is 2.93. The number of rotatable bonds is 1. The van der Waals surface area contributed by atoms with Crippen molar-refractivity contribution in [3.05, 3.63) is 34.4 Å². The second kappa shape index (κ2) is 3.97. The van der Waals surface area contributed by atoms with E-state index in [0.717, 1.165) is 5.92 Å². The number of nitrogens with one attached hydrogen (secondary N) is 1. The minimum atomic E-state index is 0.548. The number of hydrogen-bond donors (Lipinski definition) is 1. The van der Waals surface area contributed by atoms with Crippen molar-refractivity contribution in [1.29, 1.82) is 0 Å². The van der Waals surface area contributed by atoms with Crippen molar-refractivity contribution in [3.63, 3.8) is 0 Å². The van der Waals surface area contributed by atoms with Crippen molar-refractivity contribution in [2.75, 3.05) is 7.05 Å². The molecule has 0 amide bonds. The normalized spacial score (nSPS) is 25.1. The standard InChI is InChI=1S/C14H21N/c1-9-7-11(3)12-6-5-10(2)14(15-4)13(12)8-9/h7-8,10,14-15H,5-6H2,1-4H3. The first-order valence-corrected chi connectivity index (χ1v) is 5.90. The zero-order chi connectivity index (χ0) is 11.0. The van der Waals surface area contributed by atoms with Gasteiger partial charge in [-0.2, -0.15) is 0 Å². The summed E-state index contributed by atoms with van der Waals surface area (Å²) in [5.41, 5.74) is 5.98. The highest BCUT2D eigenvalue weighted by molar-refractivity contribution is 5.42. The van der Waals surface area contributed by atoms with E-state index in [2.05, 4.69) is 45.3 Å². The van der Waals surface area contributed by atoms with Crippen LogP contribution in [-0.4, -0.2) is 7.05 Å². The lowest BCUT2D eigenvalue weighted by atomic mass is 9.78. The lowest BCUT2D eigenvalue weighted by molar-refractivity contribution is 0.363. The highest BCUT2D eigenvalue weighted by Gasteiger charge is 2.26. The Morgan fingerprint density at radius 2 is 2.00 bits per heavy atom. The summed E-state index contributed by atoms with van der Waals surface area (Å²) in [6, 6.07) is 5.22. The fraction of sp³-hybridized carbons (Fsp3) is 0.571. The minimum Gasteiger partial charge on any atom is -0.313 e. The van der Waals surface area contributed by atoms with Gasteiger partial charge in [-0.3, -0.25) is 0 Å². The van der Waals surface area contributed by atoms with Crippen molar-refractivity contribution in [2.24, 2.45) is 5.92 Å². The Bertz CT molecular complexity index is 368. The lowest BCUT2D eigenvalue weighted by Gasteiger charge is -2.32. The molecular formula is C14H21N. The van der Waals surface area contributed by atoms with E-state index in [4.69, 9.17) is 0 Å². The van der Waals surface area contributed by atoms with Crippen LogP contribution >= 0.6 is 0 Å². The Labute approximate surface area is 92.9 Å².